The van der Waals surface area contributed by atoms with Gasteiger partial charge < -0.3 is 9.84 Å². The Morgan fingerprint density at radius 2 is 2.05 bits per heavy atom. The van der Waals surface area contributed by atoms with Gasteiger partial charge in [-0.3, -0.25) is 0 Å². The van der Waals surface area contributed by atoms with Crippen molar-refractivity contribution in [3.63, 3.8) is 0 Å². The van der Waals surface area contributed by atoms with Gasteiger partial charge in [0, 0.05) is 17.6 Å². The quantitative estimate of drug-likeness (QED) is 0.905. The van der Waals surface area contributed by atoms with Crippen molar-refractivity contribution in [2.24, 2.45) is 0 Å². The van der Waals surface area contributed by atoms with Gasteiger partial charge in [-0.15, -0.1) is 0 Å². The largest absolute Gasteiger partial charge is 0.392 e. The summed E-state index contributed by atoms with van der Waals surface area (Å²) in [6, 6.07) is 2.47. The van der Waals surface area contributed by atoms with E-state index in [2.05, 4.69) is 0 Å². The van der Waals surface area contributed by atoms with Crippen LogP contribution in [0.1, 0.15) is 19.4 Å². The van der Waals surface area contributed by atoms with E-state index < -0.39 is 10.0 Å². The Morgan fingerprint density at radius 3 is 2.67 bits per heavy atom. The fraction of sp³-hybridized carbons (Fsp3) is 0.538. The van der Waals surface area contributed by atoms with Crippen LogP contribution in [0.4, 0.5) is 0 Å². The minimum absolute atomic E-state index is 0.00763. The summed E-state index contributed by atoms with van der Waals surface area (Å²) in [6.45, 7) is 3.78. The van der Waals surface area contributed by atoms with Crippen LogP contribution in [0, 0.1) is 0 Å². The van der Waals surface area contributed by atoms with Crippen molar-refractivity contribution in [2.75, 3.05) is 13.2 Å². The van der Waals surface area contributed by atoms with E-state index in [4.69, 9.17) is 27.9 Å². The van der Waals surface area contributed by atoms with Crippen molar-refractivity contribution < 1.29 is 18.3 Å². The molecule has 1 fully saturated rings. The molecule has 1 aromatic rings. The SMILES string of the molecule is CC1CN(S(=O)(=O)c2cc(Cl)cc(CO)c2Cl)C(C)CO1. The molecule has 0 bridgehead atoms. The van der Waals surface area contributed by atoms with E-state index >= 15 is 0 Å². The van der Waals surface area contributed by atoms with Crippen molar-refractivity contribution in [1.29, 1.82) is 0 Å². The summed E-state index contributed by atoms with van der Waals surface area (Å²) in [7, 11) is -3.80. The molecule has 0 amide bonds. The first-order valence-electron chi connectivity index (χ1n) is 6.49. The number of benzene rings is 1. The molecule has 2 atom stereocenters. The first-order valence-corrected chi connectivity index (χ1v) is 8.69. The lowest BCUT2D eigenvalue weighted by atomic mass is 10.2. The molecule has 5 nitrogen and oxygen atoms in total. The van der Waals surface area contributed by atoms with Crippen molar-refractivity contribution in [3.8, 4) is 0 Å². The highest BCUT2D eigenvalue weighted by molar-refractivity contribution is 7.89. The van der Waals surface area contributed by atoms with Gasteiger partial charge in [-0.1, -0.05) is 23.2 Å². The first-order chi connectivity index (χ1) is 9.77. The molecule has 0 aromatic heterocycles. The zero-order valence-electron chi connectivity index (χ0n) is 11.7. The molecule has 1 N–H and O–H groups in total. The lowest BCUT2D eigenvalue weighted by molar-refractivity contribution is -0.0170. The Hall–Kier alpha value is -0.370. The molecule has 1 aliphatic rings. The van der Waals surface area contributed by atoms with E-state index in [-0.39, 0.29) is 45.8 Å². The topological polar surface area (TPSA) is 66.8 Å². The van der Waals surface area contributed by atoms with E-state index in [1.807, 2.05) is 6.92 Å². The summed E-state index contributed by atoms with van der Waals surface area (Å²) < 4.78 is 32.5. The maximum Gasteiger partial charge on any atom is 0.245 e. The van der Waals surface area contributed by atoms with E-state index in [1.54, 1.807) is 6.92 Å². The number of hydrogen-bond donors (Lipinski definition) is 1. The van der Waals surface area contributed by atoms with Crippen LogP contribution in [0.15, 0.2) is 17.0 Å². The number of nitrogens with zero attached hydrogens (tertiary/aromatic N) is 1. The molecule has 118 valence electrons. The maximum atomic E-state index is 12.8. The average molecular weight is 354 g/mol. The van der Waals surface area contributed by atoms with E-state index in [1.165, 1.54) is 16.4 Å². The molecule has 21 heavy (non-hydrogen) atoms. The molecule has 0 radical (unpaired) electrons. The second-order valence-electron chi connectivity index (χ2n) is 5.10. The molecule has 2 rings (SSSR count). The fourth-order valence-electron chi connectivity index (χ4n) is 2.26. The van der Waals surface area contributed by atoms with Crippen LogP contribution < -0.4 is 0 Å². The second-order valence-corrected chi connectivity index (χ2v) is 7.78. The van der Waals surface area contributed by atoms with E-state index in [0.717, 1.165) is 0 Å². The molecule has 1 aromatic carbocycles. The molecular formula is C13H17Cl2NO4S. The van der Waals surface area contributed by atoms with Crippen LogP contribution in [0.5, 0.6) is 0 Å². The zero-order chi connectivity index (χ0) is 15.8. The lowest BCUT2D eigenvalue weighted by Gasteiger charge is -2.36. The van der Waals surface area contributed by atoms with Gasteiger partial charge in [0.1, 0.15) is 4.90 Å². The normalized spacial score (nSPS) is 24.2. The molecule has 0 aliphatic carbocycles. The Labute approximate surface area is 134 Å². The van der Waals surface area contributed by atoms with Gasteiger partial charge in [0.2, 0.25) is 10.0 Å². The van der Waals surface area contributed by atoms with Crippen LogP contribution in [-0.4, -0.2) is 43.1 Å². The molecule has 0 saturated carbocycles. The molecule has 0 spiro atoms. The van der Waals surface area contributed by atoms with Crippen molar-refractivity contribution in [1.82, 2.24) is 4.31 Å². The number of sulfonamides is 1. The Kier molecular flexibility index (Phi) is 5.18. The minimum atomic E-state index is -3.80. The molecule has 2 unspecified atom stereocenters. The molecule has 8 heteroatoms. The molecular weight excluding hydrogens is 337 g/mol. The van der Waals surface area contributed by atoms with Crippen molar-refractivity contribution >= 4 is 33.2 Å². The molecule has 1 aliphatic heterocycles. The van der Waals surface area contributed by atoms with Gasteiger partial charge in [0.25, 0.3) is 0 Å². The summed E-state index contributed by atoms with van der Waals surface area (Å²) >= 11 is 12.0. The summed E-state index contributed by atoms with van der Waals surface area (Å²) in [4.78, 5) is -0.0818. The van der Waals surface area contributed by atoms with Crippen LogP contribution in [0.3, 0.4) is 0 Å². The zero-order valence-corrected chi connectivity index (χ0v) is 14.0. The molecule has 1 saturated heterocycles. The number of halogens is 2. The summed E-state index contributed by atoms with van der Waals surface area (Å²) in [5.41, 5.74) is 0.289. The minimum Gasteiger partial charge on any atom is -0.392 e. The van der Waals surface area contributed by atoms with Gasteiger partial charge in [-0.05, 0) is 31.5 Å². The maximum absolute atomic E-state index is 12.8. The smallest absolute Gasteiger partial charge is 0.245 e. The van der Waals surface area contributed by atoms with Gasteiger partial charge >= 0.3 is 0 Å². The van der Waals surface area contributed by atoms with Crippen LogP contribution in [0.25, 0.3) is 0 Å². The summed E-state index contributed by atoms with van der Waals surface area (Å²) in [6.07, 6.45) is -0.189. The molecule has 1 heterocycles. The predicted octanol–water partition coefficient (Wildman–Crippen LogP) is 2.28. The highest BCUT2D eigenvalue weighted by Gasteiger charge is 2.35. The predicted molar refractivity (Wildman–Crippen MR) is 81.2 cm³/mol. The number of aliphatic hydroxyl groups excluding tert-OH is 1. The van der Waals surface area contributed by atoms with Crippen LogP contribution in [-0.2, 0) is 21.4 Å². The van der Waals surface area contributed by atoms with Crippen LogP contribution in [0.2, 0.25) is 10.0 Å². The highest BCUT2D eigenvalue weighted by atomic mass is 35.5. The Balaban J connectivity index is 2.51. The third-order valence-corrected chi connectivity index (χ3v) is 6.17. The number of morpholine rings is 1. The Bertz CT molecular complexity index is 635. The Morgan fingerprint density at radius 1 is 1.38 bits per heavy atom. The van der Waals surface area contributed by atoms with E-state index in [0.29, 0.717) is 6.61 Å². The van der Waals surface area contributed by atoms with Gasteiger partial charge in [-0.2, -0.15) is 4.31 Å². The first kappa shape index (κ1) is 17.0. The third kappa shape index (κ3) is 3.36. The number of ether oxygens (including phenoxy) is 1. The highest BCUT2D eigenvalue weighted by Crippen LogP contribution is 2.33. The second kappa shape index (κ2) is 6.40. The van der Waals surface area contributed by atoms with Gasteiger partial charge in [0.15, 0.2) is 0 Å². The number of rotatable bonds is 3. The van der Waals surface area contributed by atoms with Gasteiger partial charge in [-0.25, -0.2) is 8.42 Å². The number of hydrogen-bond acceptors (Lipinski definition) is 4. The summed E-state index contributed by atoms with van der Waals surface area (Å²) in [5, 5.41) is 9.49. The number of aliphatic hydroxyl groups is 1. The fourth-order valence-corrected chi connectivity index (χ4v) is 4.85. The summed E-state index contributed by atoms with van der Waals surface area (Å²) in [5.74, 6) is 0. The van der Waals surface area contributed by atoms with Crippen LogP contribution >= 0.6 is 23.2 Å². The lowest BCUT2D eigenvalue weighted by Crippen LogP contribution is -2.50. The third-order valence-electron chi connectivity index (χ3n) is 3.39. The van der Waals surface area contributed by atoms with Gasteiger partial charge in [0.05, 0.1) is 24.3 Å². The standard InChI is InChI=1S/C13H17Cl2NO4S/c1-8-7-20-9(2)5-16(8)21(18,19)12-4-11(14)3-10(6-17)13(12)15/h3-4,8-9,17H,5-7H2,1-2H3. The average Bonchev–Trinajstić information content (AvgIpc) is 2.43. The monoisotopic (exact) mass is 353 g/mol. The van der Waals surface area contributed by atoms with E-state index in [9.17, 15) is 13.5 Å². The van der Waals surface area contributed by atoms with Crippen molar-refractivity contribution in [3.05, 3.63) is 27.7 Å². The van der Waals surface area contributed by atoms with Crippen molar-refractivity contribution in [2.45, 2.75) is 37.5 Å².